The minimum atomic E-state index is 0.0789. The maximum Gasteiger partial charge on any atom is 0.237 e. The summed E-state index contributed by atoms with van der Waals surface area (Å²) >= 11 is 1.40. The van der Waals surface area contributed by atoms with Crippen molar-refractivity contribution in [3.63, 3.8) is 0 Å². The molecule has 0 fully saturated rings. The molecular weight excluding hydrogens is 410 g/mol. The van der Waals surface area contributed by atoms with Gasteiger partial charge in [0.05, 0.1) is 18.6 Å². The highest BCUT2D eigenvalue weighted by Crippen LogP contribution is 2.29. The summed E-state index contributed by atoms with van der Waals surface area (Å²) in [5.41, 5.74) is 3.17. The Balaban J connectivity index is 1.38. The van der Waals surface area contributed by atoms with Crippen molar-refractivity contribution in [1.82, 2.24) is 19.7 Å². The number of pyridine rings is 1. The first-order valence-electron chi connectivity index (χ1n) is 10.2. The number of amides is 1. The average molecular weight is 432 g/mol. The number of rotatable bonds is 6. The van der Waals surface area contributed by atoms with Crippen molar-refractivity contribution in [2.45, 2.75) is 24.5 Å². The highest BCUT2D eigenvalue weighted by molar-refractivity contribution is 7.99. The van der Waals surface area contributed by atoms with Crippen LogP contribution in [0.4, 0.5) is 5.69 Å². The fourth-order valence-corrected chi connectivity index (χ4v) is 4.62. The number of aromatic nitrogens is 4. The molecule has 4 aromatic rings. The lowest BCUT2D eigenvalue weighted by Crippen LogP contribution is -2.36. The second-order valence-electron chi connectivity index (χ2n) is 7.27. The SMILES string of the molecule is O=C(CSc1nnc(-c2ccncc2)n1Cc1ccco1)N1CCCc2ccccc21. The highest BCUT2D eigenvalue weighted by Gasteiger charge is 2.23. The molecule has 7 nitrogen and oxygen atoms in total. The Kier molecular flexibility index (Phi) is 5.54. The highest BCUT2D eigenvalue weighted by atomic mass is 32.2. The molecule has 0 aliphatic carbocycles. The van der Waals surface area contributed by atoms with E-state index in [1.165, 1.54) is 17.3 Å². The van der Waals surface area contributed by atoms with Crippen LogP contribution in [0.25, 0.3) is 11.4 Å². The second-order valence-corrected chi connectivity index (χ2v) is 8.22. The monoisotopic (exact) mass is 431 g/mol. The van der Waals surface area contributed by atoms with Crippen molar-refractivity contribution in [2.24, 2.45) is 0 Å². The molecule has 31 heavy (non-hydrogen) atoms. The van der Waals surface area contributed by atoms with Gasteiger partial charge in [0.15, 0.2) is 11.0 Å². The molecular formula is C23H21N5O2S. The molecule has 156 valence electrons. The maximum absolute atomic E-state index is 13.1. The fraction of sp³-hybridized carbons (Fsp3) is 0.217. The number of carbonyl (C=O) groups excluding carboxylic acids is 1. The first-order valence-corrected chi connectivity index (χ1v) is 11.2. The summed E-state index contributed by atoms with van der Waals surface area (Å²) in [6.45, 7) is 1.23. The molecule has 0 saturated carbocycles. The van der Waals surface area contributed by atoms with Crippen LogP contribution in [0.3, 0.4) is 0 Å². The van der Waals surface area contributed by atoms with Crippen molar-refractivity contribution in [2.75, 3.05) is 17.2 Å². The number of nitrogens with zero attached hydrogens (tertiary/aromatic N) is 5. The van der Waals surface area contributed by atoms with E-state index in [1.807, 2.05) is 51.9 Å². The smallest absolute Gasteiger partial charge is 0.237 e. The van der Waals surface area contributed by atoms with Gasteiger partial charge in [-0.15, -0.1) is 10.2 Å². The second kappa shape index (κ2) is 8.77. The normalized spacial score (nSPS) is 13.2. The number of hydrogen-bond donors (Lipinski definition) is 0. The number of aryl methyl sites for hydroxylation is 1. The molecule has 0 radical (unpaired) electrons. The lowest BCUT2D eigenvalue weighted by Gasteiger charge is -2.29. The summed E-state index contributed by atoms with van der Waals surface area (Å²) < 4.78 is 7.52. The van der Waals surface area contributed by atoms with Crippen LogP contribution in [-0.2, 0) is 17.8 Å². The van der Waals surface area contributed by atoms with E-state index in [-0.39, 0.29) is 5.91 Å². The van der Waals surface area contributed by atoms with Gasteiger partial charge in [-0.2, -0.15) is 0 Å². The fourth-order valence-electron chi connectivity index (χ4n) is 3.81. The lowest BCUT2D eigenvalue weighted by atomic mass is 10.0. The summed E-state index contributed by atoms with van der Waals surface area (Å²) in [6.07, 6.45) is 7.10. The van der Waals surface area contributed by atoms with Crippen LogP contribution in [0.5, 0.6) is 0 Å². The van der Waals surface area contributed by atoms with Crippen molar-refractivity contribution >= 4 is 23.4 Å². The van der Waals surface area contributed by atoms with Crippen LogP contribution in [-0.4, -0.2) is 38.0 Å². The number of furan rings is 1. The molecule has 4 heterocycles. The molecule has 5 rings (SSSR count). The Morgan fingerprint density at radius 3 is 2.77 bits per heavy atom. The minimum Gasteiger partial charge on any atom is -0.467 e. The molecule has 1 aliphatic rings. The van der Waals surface area contributed by atoms with E-state index >= 15 is 0 Å². The van der Waals surface area contributed by atoms with Crippen molar-refractivity contribution in [3.05, 3.63) is 78.5 Å². The minimum absolute atomic E-state index is 0.0789. The summed E-state index contributed by atoms with van der Waals surface area (Å²) in [7, 11) is 0. The number of thioether (sulfide) groups is 1. The lowest BCUT2D eigenvalue weighted by molar-refractivity contribution is -0.116. The van der Waals surface area contributed by atoms with E-state index in [0.29, 0.717) is 17.5 Å². The number of hydrogen-bond acceptors (Lipinski definition) is 6. The summed E-state index contributed by atoms with van der Waals surface area (Å²) in [5.74, 6) is 1.89. The summed E-state index contributed by atoms with van der Waals surface area (Å²) in [4.78, 5) is 19.0. The number of fused-ring (bicyclic) bond motifs is 1. The zero-order chi connectivity index (χ0) is 21.0. The molecule has 0 atom stereocenters. The Labute approximate surface area is 184 Å². The summed E-state index contributed by atoms with van der Waals surface area (Å²) in [5, 5.41) is 9.45. The van der Waals surface area contributed by atoms with Gasteiger partial charge in [0.25, 0.3) is 0 Å². The number of carbonyl (C=O) groups is 1. The molecule has 1 aliphatic heterocycles. The van der Waals surface area contributed by atoms with Crippen LogP contribution in [0.1, 0.15) is 17.7 Å². The predicted molar refractivity (Wildman–Crippen MR) is 119 cm³/mol. The van der Waals surface area contributed by atoms with Gasteiger partial charge in [0.1, 0.15) is 5.76 Å². The topological polar surface area (TPSA) is 77.0 Å². The number of benzene rings is 1. The van der Waals surface area contributed by atoms with E-state index < -0.39 is 0 Å². The molecule has 1 aromatic carbocycles. The quantitative estimate of drug-likeness (QED) is 0.429. The van der Waals surface area contributed by atoms with Gasteiger partial charge in [0, 0.05) is 30.2 Å². The molecule has 0 N–H and O–H groups in total. The third-order valence-corrected chi connectivity index (χ3v) is 6.24. The van der Waals surface area contributed by atoms with Crippen LogP contribution in [0.2, 0.25) is 0 Å². The standard InChI is InChI=1S/C23H21N5O2S/c29-21(27-13-3-6-17-5-1-2-8-20(17)27)16-31-23-26-25-22(18-9-11-24-12-10-18)28(23)15-19-7-4-14-30-19/h1-2,4-5,7-12,14H,3,6,13,15-16H2. The first-order chi connectivity index (χ1) is 15.3. The molecule has 3 aromatic heterocycles. The largest absolute Gasteiger partial charge is 0.467 e. The van der Waals surface area contributed by atoms with Gasteiger partial charge < -0.3 is 9.32 Å². The van der Waals surface area contributed by atoms with Gasteiger partial charge in [-0.25, -0.2) is 0 Å². The molecule has 1 amide bonds. The zero-order valence-electron chi connectivity index (χ0n) is 16.8. The molecule has 8 heteroatoms. The Morgan fingerprint density at radius 2 is 1.94 bits per heavy atom. The molecule has 0 unspecified atom stereocenters. The van der Waals surface area contributed by atoms with Gasteiger partial charge in [-0.1, -0.05) is 30.0 Å². The van der Waals surface area contributed by atoms with Crippen LogP contribution in [0.15, 0.2) is 76.8 Å². The van der Waals surface area contributed by atoms with E-state index in [0.717, 1.165) is 42.2 Å². The van der Waals surface area contributed by atoms with E-state index in [2.05, 4.69) is 21.2 Å². The summed E-state index contributed by atoms with van der Waals surface area (Å²) in [6, 6.07) is 15.7. The average Bonchev–Trinajstić information content (AvgIpc) is 3.48. The van der Waals surface area contributed by atoms with E-state index in [1.54, 1.807) is 18.7 Å². The number of anilines is 1. The van der Waals surface area contributed by atoms with E-state index in [4.69, 9.17) is 4.42 Å². The molecule has 0 saturated heterocycles. The van der Waals surface area contributed by atoms with Crippen molar-refractivity contribution < 1.29 is 9.21 Å². The van der Waals surface area contributed by atoms with E-state index in [9.17, 15) is 4.79 Å². The molecule has 0 bridgehead atoms. The van der Waals surface area contributed by atoms with Gasteiger partial charge in [-0.3, -0.25) is 14.3 Å². The maximum atomic E-state index is 13.1. The Hall–Kier alpha value is -3.39. The number of para-hydroxylation sites is 1. The Bertz CT molecular complexity index is 1170. The predicted octanol–water partition coefficient (Wildman–Crippen LogP) is 4.05. The van der Waals surface area contributed by atoms with Crippen LogP contribution in [0, 0.1) is 0 Å². The Morgan fingerprint density at radius 1 is 1.06 bits per heavy atom. The third-order valence-electron chi connectivity index (χ3n) is 5.29. The van der Waals surface area contributed by atoms with Crippen molar-refractivity contribution in [1.29, 1.82) is 0 Å². The van der Waals surface area contributed by atoms with Gasteiger partial charge >= 0.3 is 0 Å². The van der Waals surface area contributed by atoms with Crippen molar-refractivity contribution in [3.8, 4) is 11.4 Å². The third kappa shape index (κ3) is 4.11. The molecule has 0 spiro atoms. The van der Waals surface area contributed by atoms with Crippen LogP contribution >= 0.6 is 11.8 Å². The zero-order valence-corrected chi connectivity index (χ0v) is 17.7. The van der Waals surface area contributed by atoms with Crippen LogP contribution < -0.4 is 4.90 Å². The van der Waals surface area contributed by atoms with Gasteiger partial charge in [0.2, 0.25) is 5.91 Å². The van der Waals surface area contributed by atoms with Gasteiger partial charge in [-0.05, 0) is 48.7 Å². The first kappa shape index (κ1) is 19.6.